The van der Waals surface area contributed by atoms with E-state index in [1.54, 1.807) is 12.1 Å². The van der Waals surface area contributed by atoms with Crippen LogP contribution in [-0.4, -0.2) is 0 Å². The van der Waals surface area contributed by atoms with Gasteiger partial charge in [0.15, 0.2) is 0 Å². The fourth-order valence-corrected chi connectivity index (χ4v) is 4.97. The molecule has 1 aromatic carbocycles. The van der Waals surface area contributed by atoms with Gasteiger partial charge >= 0.3 is 0 Å². The molecule has 0 spiro atoms. The van der Waals surface area contributed by atoms with Crippen molar-refractivity contribution in [1.29, 1.82) is 0 Å². The second-order valence-electron chi connectivity index (χ2n) is 7.63. The first-order valence-corrected chi connectivity index (χ1v) is 9.57. The van der Waals surface area contributed by atoms with E-state index in [0.717, 1.165) is 24.2 Å². The largest absolute Gasteiger partial charge is 0.207 e. The molecule has 0 unspecified atom stereocenters. The van der Waals surface area contributed by atoms with Crippen LogP contribution in [0.25, 0.3) is 0 Å². The molecule has 22 heavy (non-hydrogen) atoms. The number of hydrogen-bond donors (Lipinski definition) is 0. The highest BCUT2D eigenvalue weighted by Gasteiger charge is 2.30. The zero-order valence-electron chi connectivity index (χ0n) is 13.9. The average Bonchev–Trinajstić information content (AvgIpc) is 2.59. The zero-order valence-corrected chi connectivity index (χ0v) is 13.9. The summed E-state index contributed by atoms with van der Waals surface area (Å²) in [6, 6.07) is 7.19. The van der Waals surface area contributed by atoms with Crippen LogP contribution in [-0.2, 0) is 6.42 Å². The van der Waals surface area contributed by atoms with Crippen LogP contribution < -0.4 is 0 Å². The Balaban J connectivity index is 1.62. The highest BCUT2D eigenvalue weighted by Crippen LogP contribution is 2.42. The highest BCUT2D eigenvalue weighted by molar-refractivity contribution is 5.16. The third-order valence-electron chi connectivity index (χ3n) is 6.19. The van der Waals surface area contributed by atoms with Crippen molar-refractivity contribution >= 4 is 0 Å². The minimum atomic E-state index is -0.111. The van der Waals surface area contributed by atoms with E-state index in [4.69, 9.17) is 0 Å². The molecular formula is C21H31F. The summed E-state index contributed by atoms with van der Waals surface area (Å²) in [6.45, 7) is 0. The summed E-state index contributed by atoms with van der Waals surface area (Å²) in [5, 5.41) is 0. The molecule has 3 rings (SSSR count). The summed E-state index contributed by atoms with van der Waals surface area (Å²) in [4.78, 5) is 0. The Morgan fingerprint density at radius 3 is 1.77 bits per heavy atom. The van der Waals surface area contributed by atoms with E-state index in [1.165, 1.54) is 76.2 Å². The maximum absolute atomic E-state index is 13.1. The Labute approximate surface area is 135 Å². The second-order valence-corrected chi connectivity index (χ2v) is 7.63. The standard InChI is InChI=1S/C21H31F/c22-20-14-11-17(12-15-20)13-16-21(18-7-3-1-4-8-18)19-9-5-2-6-10-19/h11-12,14-15,18-19,21H,1-10,13,16H2. The van der Waals surface area contributed by atoms with Crippen molar-refractivity contribution in [2.75, 3.05) is 0 Å². The first kappa shape index (κ1) is 16.0. The van der Waals surface area contributed by atoms with Crippen LogP contribution in [0.15, 0.2) is 24.3 Å². The molecule has 0 bridgehead atoms. The van der Waals surface area contributed by atoms with Crippen LogP contribution in [0.5, 0.6) is 0 Å². The number of halogens is 1. The monoisotopic (exact) mass is 302 g/mol. The third-order valence-corrected chi connectivity index (χ3v) is 6.19. The van der Waals surface area contributed by atoms with E-state index in [-0.39, 0.29) is 5.82 Å². The fourth-order valence-electron chi connectivity index (χ4n) is 4.97. The van der Waals surface area contributed by atoms with Gasteiger partial charge in [-0.05, 0) is 48.3 Å². The topological polar surface area (TPSA) is 0 Å². The van der Waals surface area contributed by atoms with Gasteiger partial charge in [0.05, 0.1) is 0 Å². The summed E-state index contributed by atoms with van der Waals surface area (Å²) < 4.78 is 13.1. The SMILES string of the molecule is Fc1ccc(CCC(C2CCCCC2)C2CCCCC2)cc1. The lowest BCUT2D eigenvalue weighted by molar-refractivity contribution is 0.135. The molecule has 1 heteroatoms. The third kappa shape index (κ3) is 4.33. The van der Waals surface area contributed by atoms with Crippen molar-refractivity contribution in [3.05, 3.63) is 35.6 Å². The summed E-state index contributed by atoms with van der Waals surface area (Å²) in [7, 11) is 0. The van der Waals surface area contributed by atoms with Crippen LogP contribution in [0.2, 0.25) is 0 Å². The van der Waals surface area contributed by atoms with Gasteiger partial charge < -0.3 is 0 Å². The van der Waals surface area contributed by atoms with Crippen LogP contribution >= 0.6 is 0 Å². The number of rotatable bonds is 5. The molecule has 0 nitrogen and oxygen atoms in total. The van der Waals surface area contributed by atoms with Crippen molar-refractivity contribution < 1.29 is 4.39 Å². The lowest BCUT2D eigenvalue weighted by Crippen LogP contribution is -2.27. The van der Waals surface area contributed by atoms with Gasteiger partial charge in [-0.2, -0.15) is 0 Å². The number of aryl methyl sites for hydroxylation is 1. The Morgan fingerprint density at radius 2 is 1.27 bits per heavy atom. The molecule has 1 aromatic rings. The maximum atomic E-state index is 13.1. The lowest BCUT2D eigenvalue weighted by atomic mass is 9.68. The summed E-state index contributed by atoms with van der Waals surface area (Å²) in [5.74, 6) is 2.75. The maximum Gasteiger partial charge on any atom is 0.123 e. The van der Waals surface area contributed by atoms with Gasteiger partial charge in [-0.25, -0.2) is 4.39 Å². The van der Waals surface area contributed by atoms with Gasteiger partial charge in [-0.3, -0.25) is 0 Å². The van der Waals surface area contributed by atoms with Crippen LogP contribution in [0.4, 0.5) is 4.39 Å². The quantitative estimate of drug-likeness (QED) is 0.579. The molecule has 0 radical (unpaired) electrons. The molecule has 0 heterocycles. The molecule has 2 fully saturated rings. The molecule has 0 aromatic heterocycles. The van der Waals surface area contributed by atoms with Gasteiger partial charge in [0.25, 0.3) is 0 Å². The Kier molecular flexibility index (Phi) is 5.92. The van der Waals surface area contributed by atoms with E-state index in [0.29, 0.717) is 0 Å². The fraction of sp³-hybridized carbons (Fsp3) is 0.714. The summed E-state index contributed by atoms with van der Waals surface area (Å²) in [6.07, 6.45) is 17.0. The van der Waals surface area contributed by atoms with Crippen LogP contribution in [0.3, 0.4) is 0 Å². The van der Waals surface area contributed by atoms with Crippen molar-refractivity contribution in [1.82, 2.24) is 0 Å². The predicted molar refractivity (Wildman–Crippen MR) is 91.4 cm³/mol. The van der Waals surface area contributed by atoms with Crippen molar-refractivity contribution in [3.63, 3.8) is 0 Å². The Bertz CT molecular complexity index is 406. The zero-order chi connectivity index (χ0) is 15.2. The lowest BCUT2D eigenvalue weighted by Gasteiger charge is -2.38. The van der Waals surface area contributed by atoms with Gasteiger partial charge in [0, 0.05) is 0 Å². The molecule has 2 saturated carbocycles. The molecule has 0 atom stereocenters. The van der Waals surface area contributed by atoms with Crippen molar-refractivity contribution in [2.24, 2.45) is 17.8 Å². The summed E-state index contributed by atoms with van der Waals surface area (Å²) in [5.41, 5.74) is 1.32. The van der Waals surface area contributed by atoms with Gasteiger partial charge in [0.1, 0.15) is 5.82 Å². The minimum absolute atomic E-state index is 0.111. The van der Waals surface area contributed by atoms with E-state index >= 15 is 0 Å². The number of hydrogen-bond acceptors (Lipinski definition) is 0. The van der Waals surface area contributed by atoms with E-state index in [1.807, 2.05) is 12.1 Å². The predicted octanol–water partition coefficient (Wildman–Crippen LogP) is 6.54. The van der Waals surface area contributed by atoms with E-state index in [2.05, 4.69) is 0 Å². The van der Waals surface area contributed by atoms with Gasteiger partial charge in [0.2, 0.25) is 0 Å². The molecule has 0 N–H and O–H groups in total. The van der Waals surface area contributed by atoms with Crippen LogP contribution in [0.1, 0.15) is 76.2 Å². The summed E-state index contributed by atoms with van der Waals surface area (Å²) >= 11 is 0. The number of benzene rings is 1. The molecular weight excluding hydrogens is 271 g/mol. The molecule has 0 aliphatic heterocycles. The minimum Gasteiger partial charge on any atom is -0.207 e. The van der Waals surface area contributed by atoms with Crippen molar-refractivity contribution in [2.45, 2.75) is 77.0 Å². The van der Waals surface area contributed by atoms with E-state index < -0.39 is 0 Å². The normalized spacial score (nSPS) is 21.4. The Morgan fingerprint density at radius 1 is 0.773 bits per heavy atom. The van der Waals surface area contributed by atoms with Gasteiger partial charge in [-0.1, -0.05) is 76.3 Å². The first-order chi connectivity index (χ1) is 10.8. The Hall–Kier alpha value is -0.850. The second kappa shape index (κ2) is 8.13. The van der Waals surface area contributed by atoms with Crippen molar-refractivity contribution in [3.8, 4) is 0 Å². The smallest absolute Gasteiger partial charge is 0.123 e. The van der Waals surface area contributed by atoms with Crippen LogP contribution in [0, 0.1) is 23.6 Å². The average molecular weight is 302 g/mol. The molecule has 2 aliphatic carbocycles. The molecule has 0 amide bonds. The molecule has 0 saturated heterocycles. The highest BCUT2D eigenvalue weighted by atomic mass is 19.1. The molecule has 2 aliphatic rings. The molecule has 122 valence electrons. The van der Waals surface area contributed by atoms with Gasteiger partial charge in [-0.15, -0.1) is 0 Å². The van der Waals surface area contributed by atoms with E-state index in [9.17, 15) is 4.39 Å². The first-order valence-electron chi connectivity index (χ1n) is 9.57.